The minimum absolute atomic E-state index is 0.0416. The Kier molecular flexibility index (Phi) is 12.0. The minimum atomic E-state index is -4.34. The maximum Gasteiger partial charge on any atom is 0.416 e. The molecule has 0 heterocycles. The predicted octanol–water partition coefficient (Wildman–Crippen LogP) is 6.58. The molecule has 4 nitrogen and oxygen atoms in total. The maximum atomic E-state index is 12.1. The van der Waals surface area contributed by atoms with Crippen molar-refractivity contribution >= 4 is 17.5 Å². The van der Waals surface area contributed by atoms with Gasteiger partial charge in [-0.15, -0.1) is 0 Å². The first kappa shape index (κ1) is 27.9. The highest BCUT2D eigenvalue weighted by atomic mass is 19.4. The topological polar surface area (TPSA) is 52.6 Å². The summed E-state index contributed by atoms with van der Waals surface area (Å²) in [5.41, 5.74) is -0.466. The first-order chi connectivity index (χ1) is 14.4. The first-order valence-electron chi connectivity index (χ1n) is 9.69. The van der Waals surface area contributed by atoms with Gasteiger partial charge >= 0.3 is 12.1 Å². The summed E-state index contributed by atoms with van der Waals surface area (Å²) in [4.78, 5) is 21.6. The average Bonchev–Trinajstić information content (AvgIpc) is 2.74. The average molecular weight is 438 g/mol. The number of rotatable bonds is 4. The fourth-order valence-corrected chi connectivity index (χ4v) is 1.85. The molecule has 0 N–H and O–H groups in total. The monoisotopic (exact) mass is 438 g/mol. The molecule has 0 unspecified atom stereocenters. The van der Waals surface area contributed by atoms with Crippen LogP contribution < -0.4 is 4.74 Å². The third kappa shape index (κ3) is 11.1. The lowest BCUT2D eigenvalue weighted by Crippen LogP contribution is -2.24. The fourth-order valence-electron chi connectivity index (χ4n) is 1.85. The Balaban J connectivity index is 0.000000539. The van der Waals surface area contributed by atoms with Crippen LogP contribution in [0, 0.1) is 5.41 Å². The molecule has 31 heavy (non-hydrogen) atoms. The standard InChI is InChI=1S/C12H16O3.C10H7F3O.C2H6/c1-12(2,3)11(13)15-9-14-10-7-5-4-6-8-10;1-7(6-14)8-2-4-9(5-3-8)10(11,12)13;1-2/h4-8H,9H2,1-3H3;2-5H,1H3;1-2H3. The number of carbonyl (C=O) groups is 1. The number of esters is 1. The zero-order valence-electron chi connectivity index (χ0n) is 18.7. The molecule has 0 saturated carbocycles. The number of carbonyl (C=O) groups excluding carboxylic acids is 2. The van der Waals surface area contributed by atoms with E-state index in [0.717, 1.165) is 12.1 Å². The van der Waals surface area contributed by atoms with Gasteiger partial charge in [0.05, 0.1) is 11.0 Å². The van der Waals surface area contributed by atoms with Crippen LogP contribution in [-0.2, 0) is 20.5 Å². The van der Waals surface area contributed by atoms with Gasteiger partial charge in [-0.1, -0.05) is 44.2 Å². The summed E-state index contributed by atoms with van der Waals surface area (Å²) >= 11 is 0. The number of ether oxygens (including phenoxy) is 2. The van der Waals surface area contributed by atoms with Gasteiger partial charge < -0.3 is 9.47 Å². The molecule has 2 rings (SSSR count). The second kappa shape index (κ2) is 13.3. The Morgan fingerprint density at radius 2 is 1.45 bits per heavy atom. The highest BCUT2D eigenvalue weighted by Crippen LogP contribution is 2.29. The molecule has 0 bridgehead atoms. The zero-order chi connectivity index (χ0) is 24.1. The van der Waals surface area contributed by atoms with Gasteiger partial charge in [0, 0.05) is 5.57 Å². The van der Waals surface area contributed by atoms with E-state index in [-0.39, 0.29) is 12.8 Å². The van der Waals surface area contributed by atoms with E-state index in [4.69, 9.17) is 9.47 Å². The molecule has 0 aliphatic rings. The molecule has 0 amide bonds. The lowest BCUT2D eigenvalue weighted by molar-refractivity contribution is -0.159. The van der Waals surface area contributed by atoms with Crippen LogP contribution in [0.15, 0.2) is 54.6 Å². The Bertz CT molecular complexity index is 830. The Morgan fingerprint density at radius 3 is 1.87 bits per heavy atom. The van der Waals surface area contributed by atoms with Gasteiger partial charge in [0.15, 0.2) is 0 Å². The third-order valence-electron chi connectivity index (χ3n) is 3.57. The summed E-state index contributed by atoms with van der Waals surface area (Å²) in [7, 11) is 0. The molecule has 0 spiro atoms. The van der Waals surface area contributed by atoms with Gasteiger partial charge in [-0.05, 0) is 57.5 Å². The first-order valence-corrected chi connectivity index (χ1v) is 9.69. The van der Waals surface area contributed by atoms with Crippen molar-refractivity contribution in [2.75, 3.05) is 6.79 Å². The van der Waals surface area contributed by atoms with E-state index in [1.165, 1.54) is 19.1 Å². The number of benzene rings is 2. The van der Waals surface area contributed by atoms with Crippen LogP contribution in [0.25, 0.3) is 5.57 Å². The molecule has 0 radical (unpaired) electrons. The van der Waals surface area contributed by atoms with Crippen LogP contribution in [0.4, 0.5) is 13.2 Å². The van der Waals surface area contributed by atoms with Gasteiger partial charge in [0.2, 0.25) is 6.79 Å². The molecular weight excluding hydrogens is 409 g/mol. The van der Waals surface area contributed by atoms with Crippen LogP contribution in [-0.4, -0.2) is 18.7 Å². The number of alkyl halides is 3. The van der Waals surface area contributed by atoms with E-state index in [1.807, 2.05) is 44.2 Å². The van der Waals surface area contributed by atoms with E-state index < -0.39 is 17.2 Å². The predicted molar refractivity (Wildman–Crippen MR) is 115 cm³/mol. The zero-order valence-corrected chi connectivity index (χ0v) is 18.7. The number of halogens is 3. The minimum Gasteiger partial charge on any atom is -0.457 e. The normalized spacial score (nSPS) is 10.4. The molecule has 2 aromatic carbocycles. The molecular formula is C24H29F3O4. The number of allylic oxidation sites excluding steroid dienone is 1. The summed E-state index contributed by atoms with van der Waals surface area (Å²) in [5, 5.41) is 0. The quantitative estimate of drug-likeness (QED) is 0.307. The number of hydrogen-bond donors (Lipinski definition) is 0. The van der Waals surface area contributed by atoms with Crippen LogP contribution in [0.2, 0.25) is 0 Å². The lowest BCUT2D eigenvalue weighted by atomic mass is 9.98. The summed E-state index contributed by atoms with van der Waals surface area (Å²) in [6, 6.07) is 13.6. The Labute approximate surface area is 181 Å². The molecule has 0 aliphatic heterocycles. The maximum absolute atomic E-state index is 12.1. The smallest absolute Gasteiger partial charge is 0.416 e. The van der Waals surface area contributed by atoms with Gasteiger partial charge in [0.25, 0.3) is 0 Å². The van der Waals surface area contributed by atoms with Crippen molar-refractivity contribution in [2.45, 2.75) is 47.7 Å². The molecule has 0 saturated heterocycles. The number of hydrogen-bond acceptors (Lipinski definition) is 4. The van der Waals surface area contributed by atoms with Gasteiger partial charge in [0.1, 0.15) is 11.7 Å². The Morgan fingerprint density at radius 1 is 0.935 bits per heavy atom. The molecule has 170 valence electrons. The van der Waals surface area contributed by atoms with Gasteiger partial charge in [-0.3, -0.25) is 4.79 Å². The number of para-hydroxylation sites is 1. The summed E-state index contributed by atoms with van der Waals surface area (Å²) in [6.07, 6.45) is -4.34. The highest BCUT2D eigenvalue weighted by Gasteiger charge is 2.29. The molecule has 2 aromatic rings. The van der Waals surface area contributed by atoms with Gasteiger partial charge in [-0.2, -0.15) is 13.2 Å². The van der Waals surface area contributed by atoms with Crippen LogP contribution in [0.3, 0.4) is 0 Å². The van der Waals surface area contributed by atoms with Crippen molar-refractivity contribution in [1.29, 1.82) is 0 Å². The van der Waals surface area contributed by atoms with Crippen LogP contribution >= 0.6 is 0 Å². The van der Waals surface area contributed by atoms with Crippen molar-refractivity contribution in [1.82, 2.24) is 0 Å². The SMILES string of the molecule is CC.CC(=C=O)c1ccc(C(F)(F)F)cc1.CC(C)(C)C(=O)OCOc1ccccc1. The van der Waals surface area contributed by atoms with E-state index in [0.29, 0.717) is 16.9 Å². The van der Waals surface area contributed by atoms with E-state index in [1.54, 1.807) is 26.7 Å². The molecule has 0 fully saturated rings. The van der Waals surface area contributed by atoms with Gasteiger partial charge in [-0.25, -0.2) is 4.79 Å². The van der Waals surface area contributed by atoms with Crippen molar-refractivity contribution in [3.8, 4) is 5.75 Å². The van der Waals surface area contributed by atoms with E-state index in [2.05, 4.69) is 0 Å². The molecule has 0 atom stereocenters. The van der Waals surface area contributed by atoms with Crippen molar-refractivity contribution in [2.24, 2.45) is 5.41 Å². The third-order valence-corrected chi connectivity index (χ3v) is 3.57. The summed E-state index contributed by atoms with van der Waals surface area (Å²) < 4.78 is 46.5. The summed E-state index contributed by atoms with van der Waals surface area (Å²) in [6.45, 7) is 10.9. The Hall–Kier alpha value is -3.05. The summed E-state index contributed by atoms with van der Waals surface area (Å²) in [5.74, 6) is 2.05. The largest absolute Gasteiger partial charge is 0.457 e. The second-order valence-electron chi connectivity index (χ2n) is 7.06. The highest BCUT2D eigenvalue weighted by molar-refractivity contribution is 5.86. The molecule has 0 aromatic heterocycles. The van der Waals surface area contributed by atoms with E-state index >= 15 is 0 Å². The van der Waals surface area contributed by atoms with Crippen molar-refractivity contribution < 1.29 is 32.2 Å². The lowest BCUT2D eigenvalue weighted by Gasteiger charge is -2.16. The van der Waals surface area contributed by atoms with Crippen molar-refractivity contribution in [3.63, 3.8) is 0 Å². The van der Waals surface area contributed by atoms with Crippen molar-refractivity contribution in [3.05, 3.63) is 65.7 Å². The van der Waals surface area contributed by atoms with Crippen LogP contribution in [0.5, 0.6) is 5.75 Å². The molecule has 0 aliphatic carbocycles. The van der Waals surface area contributed by atoms with Crippen LogP contribution in [0.1, 0.15) is 52.7 Å². The fraction of sp³-hybridized carbons (Fsp3) is 0.375. The second-order valence-corrected chi connectivity index (χ2v) is 7.06. The molecule has 7 heteroatoms. The van der Waals surface area contributed by atoms with E-state index in [9.17, 15) is 22.8 Å².